The average molecular weight is 658 g/mol. The number of para-hydroxylation sites is 5. The fourth-order valence-electron chi connectivity index (χ4n) is 9.19. The first-order chi connectivity index (χ1) is 25.3. The molecule has 0 spiro atoms. The van der Waals surface area contributed by atoms with Crippen LogP contribution in [0.25, 0.3) is 66.5 Å². The Kier molecular flexibility index (Phi) is 6.26. The maximum atomic E-state index is 5.47. The fourth-order valence-corrected chi connectivity index (χ4v) is 9.19. The summed E-state index contributed by atoms with van der Waals surface area (Å²) in [4.78, 5) is 13.4. The molecule has 5 heteroatoms. The van der Waals surface area contributed by atoms with Crippen LogP contribution in [0.4, 0.5) is 11.5 Å². The van der Waals surface area contributed by atoms with E-state index in [9.17, 15) is 0 Å². The van der Waals surface area contributed by atoms with Crippen LogP contribution in [-0.2, 0) is 0 Å². The van der Waals surface area contributed by atoms with Gasteiger partial charge in [0.05, 0.1) is 27.8 Å². The molecule has 0 radical (unpaired) electrons. The summed E-state index contributed by atoms with van der Waals surface area (Å²) in [6.07, 6.45) is 4.91. The minimum Gasteiger partial charge on any atom is -0.322 e. The van der Waals surface area contributed by atoms with Crippen molar-refractivity contribution >= 4 is 55.1 Å². The van der Waals surface area contributed by atoms with Crippen LogP contribution < -0.4 is 4.90 Å². The molecule has 4 heterocycles. The smallest absolute Gasteiger partial charge is 0.237 e. The Hall–Kier alpha value is -6.20. The first kappa shape index (κ1) is 28.6. The highest BCUT2D eigenvalue weighted by atomic mass is 15.3. The van der Waals surface area contributed by atoms with Crippen LogP contribution in [0, 0.1) is 0 Å². The highest BCUT2D eigenvalue weighted by molar-refractivity contribution is 6.10. The maximum absolute atomic E-state index is 5.47. The molecular formula is C46H35N5. The molecule has 6 aromatic carbocycles. The predicted molar refractivity (Wildman–Crippen MR) is 210 cm³/mol. The molecule has 0 amide bonds. The second-order valence-electron chi connectivity index (χ2n) is 14.1. The summed E-state index contributed by atoms with van der Waals surface area (Å²) in [7, 11) is 0. The van der Waals surface area contributed by atoms with Crippen molar-refractivity contribution in [1.29, 1.82) is 0 Å². The molecule has 0 bridgehead atoms. The quantitative estimate of drug-likeness (QED) is 0.189. The van der Waals surface area contributed by atoms with E-state index in [1.807, 2.05) is 0 Å². The lowest BCUT2D eigenvalue weighted by Gasteiger charge is -2.33. The van der Waals surface area contributed by atoms with Crippen molar-refractivity contribution in [3.63, 3.8) is 0 Å². The predicted octanol–water partition coefficient (Wildman–Crippen LogP) is 11.5. The zero-order valence-corrected chi connectivity index (χ0v) is 28.2. The first-order valence-corrected chi connectivity index (χ1v) is 18.2. The molecule has 0 saturated heterocycles. The van der Waals surface area contributed by atoms with Gasteiger partial charge in [-0.3, -0.25) is 4.57 Å². The summed E-state index contributed by atoms with van der Waals surface area (Å²) < 4.78 is 4.62. The van der Waals surface area contributed by atoms with Crippen LogP contribution in [0.3, 0.4) is 0 Å². The Morgan fingerprint density at radius 3 is 1.65 bits per heavy atom. The third-order valence-electron chi connectivity index (χ3n) is 11.4. The van der Waals surface area contributed by atoms with Gasteiger partial charge in [-0.05, 0) is 60.9 Å². The number of benzene rings is 6. The van der Waals surface area contributed by atoms with Gasteiger partial charge in [0, 0.05) is 56.5 Å². The highest BCUT2D eigenvalue weighted by Crippen LogP contribution is 2.51. The van der Waals surface area contributed by atoms with E-state index in [0.29, 0.717) is 17.9 Å². The molecular weight excluding hydrogens is 623 g/mol. The summed E-state index contributed by atoms with van der Waals surface area (Å²) in [6.45, 7) is 0. The van der Waals surface area contributed by atoms with E-state index < -0.39 is 0 Å². The van der Waals surface area contributed by atoms with Crippen molar-refractivity contribution in [1.82, 2.24) is 19.1 Å². The topological polar surface area (TPSA) is 38.9 Å². The maximum Gasteiger partial charge on any atom is 0.237 e. The van der Waals surface area contributed by atoms with Crippen molar-refractivity contribution in [3.8, 4) is 22.9 Å². The van der Waals surface area contributed by atoms with Crippen molar-refractivity contribution in [2.75, 3.05) is 4.90 Å². The summed E-state index contributed by atoms with van der Waals surface area (Å²) in [6, 6.07) is 55.1. The minimum atomic E-state index is 0.391. The molecule has 1 aliphatic heterocycles. The zero-order chi connectivity index (χ0) is 33.5. The van der Waals surface area contributed by atoms with E-state index in [2.05, 4.69) is 166 Å². The van der Waals surface area contributed by atoms with Gasteiger partial charge < -0.3 is 9.47 Å². The summed E-state index contributed by atoms with van der Waals surface area (Å²) in [5.41, 5.74) is 10.5. The number of hydrogen-bond donors (Lipinski definition) is 0. The molecule has 1 aliphatic carbocycles. The Morgan fingerprint density at radius 2 is 1.02 bits per heavy atom. The summed E-state index contributed by atoms with van der Waals surface area (Å²) in [5, 5.41) is 4.94. The van der Waals surface area contributed by atoms with Gasteiger partial charge in [-0.25, -0.2) is 4.98 Å². The SMILES string of the molecule is c1ccc2c(c1)C1CCCCC1N2c1cc(-c2ccc(-n3c4ccccc4c4ccccc43)cc2)nc(-n2c3ccccc3c3ccccc32)n1. The molecule has 244 valence electrons. The Bertz CT molecular complexity index is 2680. The third-order valence-corrected chi connectivity index (χ3v) is 11.4. The van der Waals surface area contributed by atoms with Gasteiger partial charge in [-0.2, -0.15) is 4.98 Å². The third kappa shape index (κ3) is 4.27. The minimum absolute atomic E-state index is 0.391. The standard InChI is InChI=1S/C46H35N5/c1-7-19-39-32(13-1)33-14-2-8-20-40(33)49(39)31-27-25-30(26-28-31)38-29-45(50-41-21-9-3-15-34(41)35-16-4-10-22-42(35)50)48-46(47-38)51-43-23-11-5-17-36(43)37-18-6-12-24-44(37)51/h1-3,5-9,11-15,17-21,23-29,35,42H,4,10,16,22H2. The molecule has 3 aromatic heterocycles. The Morgan fingerprint density at radius 1 is 0.490 bits per heavy atom. The van der Waals surface area contributed by atoms with E-state index in [-0.39, 0.29) is 0 Å². The molecule has 51 heavy (non-hydrogen) atoms. The number of hydrogen-bond acceptors (Lipinski definition) is 3. The fraction of sp³-hybridized carbons (Fsp3) is 0.130. The van der Waals surface area contributed by atoms with Crippen molar-refractivity contribution < 1.29 is 0 Å². The van der Waals surface area contributed by atoms with Crippen LogP contribution in [0.15, 0.2) is 152 Å². The summed E-state index contributed by atoms with van der Waals surface area (Å²) >= 11 is 0. The van der Waals surface area contributed by atoms with Crippen LogP contribution in [-0.4, -0.2) is 25.1 Å². The largest absolute Gasteiger partial charge is 0.322 e. The molecule has 2 atom stereocenters. The average Bonchev–Trinajstić information content (AvgIpc) is 3.84. The molecule has 1 fully saturated rings. The Labute approximate surface area is 296 Å². The van der Waals surface area contributed by atoms with Gasteiger partial charge in [0.1, 0.15) is 5.82 Å². The summed E-state index contributed by atoms with van der Waals surface area (Å²) in [5.74, 6) is 2.18. The lowest BCUT2D eigenvalue weighted by Crippen LogP contribution is -2.33. The lowest BCUT2D eigenvalue weighted by atomic mass is 9.82. The van der Waals surface area contributed by atoms with E-state index in [0.717, 1.165) is 40.2 Å². The van der Waals surface area contributed by atoms with Gasteiger partial charge >= 0.3 is 0 Å². The molecule has 11 rings (SSSR count). The van der Waals surface area contributed by atoms with E-state index in [1.54, 1.807) is 0 Å². The van der Waals surface area contributed by atoms with Gasteiger partial charge in [0.2, 0.25) is 5.95 Å². The molecule has 5 nitrogen and oxygen atoms in total. The normalized spacial score (nSPS) is 17.1. The molecule has 2 unspecified atom stereocenters. The molecule has 0 N–H and O–H groups in total. The van der Waals surface area contributed by atoms with Gasteiger partial charge in [-0.15, -0.1) is 0 Å². The highest BCUT2D eigenvalue weighted by Gasteiger charge is 2.41. The number of fused-ring (bicyclic) bond motifs is 9. The second-order valence-corrected chi connectivity index (χ2v) is 14.1. The van der Waals surface area contributed by atoms with E-state index >= 15 is 0 Å². The van der Waals surface area contributed by atoms with Crippen molar-refractivity contribution in [3.05, 3.63) is 157 Å². The Balaban J connectivity index is 1.12. The van der Waals surface area contributed by atoms with Crippen LogP contribution in [0.2, 0.25) is 0 Å². The number of nitrogens with zero attached hydrogens (tertiary/aromatic N) is 5. The molecule has 9 aromatic rings. The zero-order valence-electron chi connectivity index (χ0n) is 28.2. The molecule has 1 saturated carbocycles. The van der Waals surface area contributed by atoms with Crippen LogP contribution >= 0.6 is 0 Å². The molecule has 2 aliphatic rings. The number of aromatic nitrogens is 4. The van der Waals surface area contributed by atoms with Gasteiger partial charge in [-0.1, -0.05) is 116 Å². The first-order valence-electron chi connectivity index (χ1n) is 18.2. The number of rotatable bonds is 4. The van der Waals surface area contributed by atoms with E-state index in [1.165, 1.54) is 63.1 Å². The van der Waals surface area contributed by atoms with Crippen LogP contribution in [0.1, 0.15) is 37.2 Å². The second kappa shape index (κ2) is 11.2. The number of anilines is 2. The van der Waals surface area contributed by atoms with Gasteiger partial charge in [0.25, 0.3) is 0 Å². The van der Waals surface area contributed by atoms with Crippen LogP contribution in [0.5, 0.6) is 0 Å². The monoisotopic (exact) mass is 657 g/mol. The van der Waals surface area contributed by atoms with Crippen molar-refractivity contribution in [2.24, 2.45) is 0 Å². The van der Waals surface area contributed by atoms with Gasteiger partial charge in [0.15, 0.2) is 0 Å². The lowest BCUT2D eigenvalue weighted by molar-refractivity contribution is 0.401. The van der Waals surface area contributed by atoms with Crippen molar-refractivity contribution in [2.45, 2.75) is 37.6 Å². The van der Waals surface area contributed by atoms with E-state index in [4.69, 9.17) is 9.97 Å².